The van der Waals surface area contributed by atoms with Gasteiger partial charge in [0, 0.05) is 13.0 Å². The molecule has 0 aromatic heterocycles. The first kappa shape index (κ1) is 17.0. The molecule has 0 saturated carbocycles. The van der Waals surface area contributed by atoms with Gasteiger partial charge in [-0.1, -0.05) is 19.9 Å². The van der Waals surface area contributed by atoms with Crippen LogP contribution in [0.5, 0.6) is 5.75 Å². The zero-order valence-corrected chi connectivity index (χ0v) is 13.9. The fourth-order valence-electron chi connectivity index (χ4n) is 1.76. The molecule has 0 unspecified atom stereocenters. The monoisotopic (exact) mass is 338 g/mol. The van der Waals surface area contributed by atoms with Gasteiger partial charge < -0.3 is 10.1 Å². The highest BCUT2D eigenvalue weighted by Gasteiger charge is 2.03. The highest BCUT2D eigenvalue weighted by molar-refractivity contribution is 9.10. The van der Waals surface area contributed by atoms with Crippen molar-refractivity contribution in [2.45, 2.75) is 39.7 Å². The van der Waals surface area contributed by atoms with Crippen LogP contribution in [0.1, 0.15) is 38.7 Å². The number of nitrogens with one attached hydrogen (secondary N) is 1. The van der Waals surface area contributed by atoms with Crippen molar-refractivity contribution in [1.82, 2.24) is 5.32 Å². The van der Waals surface area contributed by atoms with Crippen LogP contribution < -0.4 is 10.1 Å². The second-order valence-electron chi connectivity index (χ2n) is 5.25. The summed E-state index contributed by atoms with van der Waals surface area (Å²) in [6.07, 6.45) is 2.41. The van der Waals surface area contributed by atoms with Crippen LogP contribution in [0.4, 0.5) is 0 Å². The van der Waals surface area contributed by atoms with Gasteiger partial charge in [0.1, 0.15) is 5.75 Å². The summed E-state index contributed by atoms with van der Waals surface area (Å²) in [5, 5.41) is 11.9. The van der Waals surface area contributed by atoms with E-state index in [0.29, 0.717) is 18.9 Å². The van der Waals surface area contributed by atoms with Crippen LogP contribution in [-0.4, -0.2) is 13.2 Å². The molecule has 3 nitrogen and oxygen atoms in total. The third-order valence-electron chi connectivity index (χ3n) is 2.82. The molecule has 1 aromatic carbocycles. The second kappa shape index (κ2) is 9.79. The van der Waals surface area contributed by atoms with E-state index >= 15 is 0 Å². The summed E-state index contributed by atoms with van der Waals surface area (Å²) < 4.78 is 6.69. The lowest BCUT2D eigenvalue weighted by atomic mass is 10.2. The van der Waals surface area contributed by atoms with Gasteiger partial charge in [0.2, 0.25) is 0 Å². The summed E-state index contributed by atoms with van der Waals surface area (Å²) >= 11 is 3.55. The quantitative estimate of drug-likeness (QED) is 0.684. The molecular formula is C16H23BrN2O. The molecule has 0 radical (unpaired) electrons. The number of unbranched alkanes of at least 4 members (excludes halogenated alkanes) is 2. The average Bonchev–Trinajstić information content (AvgIpc) is 2.40. The van der Waals surface area contributed by atoms with Gasteiger partial charge in [-0.15, -0.1) is 0 Å². The summed E-state index contributed by atoms with van der Waals surface area (Å²) in [5.41, 5.74) is 1.24. The lowest BCUT2D eigenvalue weighted by Crippen LogP contribution is -2.18. The number of benzene rings is 1. The fourth-order valence-corrected chi connectivity index (χ4v) is 2.31. The average molecular weight is 339 g/mol. The second-order valence-corrected chi connectivity index (χ2v) is 6.11. The third-order valence-corrected chi connectivity index (χ3v) is 3.44. The lowest BCUT2D eigenvalue weighted by Gasteiger charge is -2.11. The van der Waals surface area contributed by atoms with E-state index in [9.17, 15) is 0 Å². The van der Waals surface area contributed by atoms with Crippen LogP contribution in [0.15, 0.2) is 22.7 Å². The van der Waals surface area contributed by atoms with E-state index in [2.05, 4.69) is 53.3 Å². The predicted molar refractivity (Wildman–Crippen MR) is 85.6 cm³/mol. The largest absolute Gasteiger partial charge is 0.492 e. The molecule has 0 bridgehead atoms. The maximum atomic E-state index is 8.46. The SMILES string of the molecule is CC(C)CNCc1ccc(OCCCCC#N)c(Br)c1. The third kappa shape index (κ3) is 6.93. The number of nitrogens with zero attached hydrogens (tertiary/aromatic N) is 1. The van der Waals surface area contributed by atoms with E-state index in [-0.39, 0.29) is 0 Å². The van der Waals surface area contributed by atoms with Gasteiger partial charge in [0.25, 0.3) is 0 Å². The molecule has 0 aliphatic rings. The summed E-state index contributed by atoms with van der Waals surface area (Å²) in [6.45, 7) is 6.96. The molecule has 1 aromatic rings. The van der Waals surface area contributed by atoms with Crippen molar-refractivity contribution in [1.29, 1.82) is 5.26 Å². The maximum Gasteiger partial charge on any atom is 0.133 e. The van der Waals surface area contributed by atoms with E-state index in [1.54, 1.807) is 0 Å². The maximum absolute atomic E-state index is 8.46. The summed E-state index contributed by atoms with van der Waals surface area (Å²) in [7, 11) is 0. The number of rotatable bonds is 9. The number of ether oxygens (including phenoxy) is 1. The molecule has 4 heteroatoms. The van der Waals surface area contributed by atoms with Crippen LogP contribution >= 0.6 is 15.9 Å². The van der Waals surface area contributed by atoms with E-state index in [1.807, 2.05) is 6.07 Å². The van der Waals surface area contributed by atoms with Crippen molar-refractivity contribution in [2.75, 3.05) is 13.2 Å². The lowest BCUT2D eigenvalue weighted by molar-refractivity contribution is 0.305. The Kier molecular flexibility index (Phi) is 8.32. The van der Waals surface area contributed by atoms with Gasteiger partial charge in [0.15, 0.2) is 0 Å². The Morgan fingerprint density at radius 1 is 1.35 bits per heavy atom. The van der Waals surface area contributed by atoms with Crippen molar-refractivity contribution in [3.05, 3.63) is 28.2 Å². The molecule has 0 saturated heterocycles. The topological polar surface area (TPSA) is 45.0 Å². The number of nitriles is 1. The summed E-state index contributed by atoms with van der Waals surface area (Å²) in [5.74, 6) is 1.53. The molecule has 0 heterocycles. The zero-order valence-electron chi connectivity index (χ0n) is 12.3. The van der Waals surface area contributed by atoms with Crippen molar-refractivity contribution < 1.29 is 4.74 Å². The van der Waals surface area contributed by atoms with E-state index < -0.39 is 0 Å². The first-order valence-electron chi connectivity index (χ1n) is 7.12. The Bertz CT molecular complexity index is 441. The molecule has 110 valence electrons. The smallest absolute Gasteiger partial charge is 0.133 e. The minimum Gasteiger partial charge on any atom is -0.492 e. The zero-order chi connectivity index (χ0) is 14.8. The van der Waals surface area contributed by atoms with E-state index in [0.717, 1.165) is 36.2 Å². The number of halogens is 1. The minimum atomic E-state index is 0.602. The molecule has 0 aliphatic carbocycles. The van der Waals surface area contributed by atoms with Crippen LogP contribution in [-0.2, 0) is 6.54 Å². The highest BCUT2D eigenvalue weighted by atomic mass is 79.9. The molecule has 0 fully saturated rings. The molecule has 0 spiro atoms. The molecule has 1 rings (SSSR count). The van der Waals surface area contributed by atoms with Crippen molar-refractivity contribution in [2.24, 2.45) is 5.92 Å². The Labute approximate surface area is 130 Å². The first-order chi connectivity index (χ1) is 9.63. The van der Waals surface area contributed by atoms with Gasteiger partial charge in [-0.2, -0.15) is 5.26 Å². The standard InChI is InChI=1S/C16H23BrN2O/c1-13(2)11-19-12-14-6-7-16(15(17)10-14)20-9-5-3-4-8-18/h6-7,10,13,19H,3-5,9,11-12H2,1-2H3. The van der Waals surface area contributed by atoms with Crippen molar-refractivity contribution >= 4 is 15.9 Å². The molecule has 1 N–H and O–H groups in total. The van der Waals surface area contributed by atoms with E-state index in [4.69, 9.17) is 10.00 Å². The van der Waals surface area contributed by atoms with Crippen LogP contribution in [0.2, 0.25) is 0 Å². The van der Waals surface area contributed by atoms with Crippen molar-refractivity contribution in [3.63, 3.8) is 0 Å². The molecule has 0 atom stereocenters. The van der Waals surface area contributed by atoms with Gasteiger partial charge in [-0.05, 0) is 58.9 Å². The first-order valence-corrected chi connectivity index (χ1v) is 7.91. The Morgan fingerprint density at radius 2 is 2.15 bits per heavy atom. The van der Waals surface area contributed by atoms with E-state index in [1.165, 1.54) is 5.56 Å². The van der Waals surface area contributed by atoms with Crippen molar-refractivity contribution in [3.8, 4) is 11.8 Å². The summed E-state index contributed by atoms with van der Waals surface area (Å²) in [6, 6.07) is 8.32. The molecule has 0 aliphatic heterocycles. The Hall–Kier alpha value is -1.05. The fraction of sp³-hybridized carbons (Fsp3) is 0.562. The Balaban J connectivity index is 2.37. The van der Waals surface area contributed by atoms with Gasteiger partial charge >= 0.3 is 0 Å². The normalized spacial score (nSPS) is 10.6. The predicted octanol–water partition coefficient (Wildman–Crippen LogP) is 4.27. The Morgan fingerprint density at radius 3 is 2.80 bits per heavy atom. The summed E-state index contributed by atoms with van der Waals surface area (Å²) in [4.78, 5) is 0. The van der Waals surface area contributed by atoms with Gasteiger partial charge in [0.05, 0.1) is 17.1 Å². The van der Waals surface area contributed by atoms with Crippen LogP contribution in [0.25, 0.3) is 0 Å². The highest BCUT2D eigenvalue weighted by Crippen LogP contribution is 2.26. The van der Waals surface area contributed by atoms with Gasteiger partial charge in [-0.3, -0.25) is 0 Å². The van der Waals surface area contributed by atoms with Crippen LogP contribution in [0.3, 0.4) is 0 Å². The van der Waals surface area contributed by atoms with Crippen LogP contribution in [0, 0.1) is 17.2 Å². The molecular weight excluding hydrogens is 316 g/mol. The molecule has 0 amide bonds. The minimum absolute atomic E-state index is 0.602. The molecule has 20 heavy (non-hydrogen) atoms. The number of hydrogen-bond acceptors (Lipinski definition) is 3. The number of hydrogen-bond donors (Lipinski definition) is 1. The van der Waals surface area contributed by atoms with Gasteiger partial charge in [-0.25, -0.2) is 0 Å².